The summed E-state index contributed by atoms with van der Waals surface area (Å²) in [4.78, 5) is 51.3. The van der Waals surface area contributed by atoms with Crippen molar-refractivity contribution in [1.29, 1.82) is 0 Å². The van der Waals surface area contributed by atoms with Crippen LogP contribution in [-0.2, 0) is 19.1 Å². The number of carboxylic acid groups (broad SMARTS) is 1. The molecule has 2 N–H and O–H groups in total. The van der Waals surface area contributed by atoms with E-state index in [1.165, 1.54) is 48.5 Å². The Hall–Kier alpha value is -5.06. The van der Waals surface area contributed by atoms with Crippen molar-refractivity contribution in [3.8, 4) is 0 Å². The van der Waals surface area contributed by atoms with Gasteiger partial charge in [-0.15, -0.1) is 0 Å². The molecule has 0 aromatic heterocycles. The fraction of sp³-hybridized carbons (Fsp3) is 0.0667. The van der Waals surface area contributed by atoms with Gasteiger partial charge in [-0.1, -0.05) is 65.7 Å². The molecule has 4 aromatic rings. The zero-order chi connectivity index (χ0) is 30.1. The molecule has 0 aliphatic carbocycles. The highest BCUT2D eigenvalue weighted by Crippen LogP contribution is 2.23. The van der Waals surface area contributed by atoms with Gasteiger partial charge in [-0.25, -0.2) is 14.4 Å². The van der Waals surface area contributed by atoms with Crippen LogP contribution in [0.1, 0.15) is 20.7 Å². The first-order valence-electron chi connectivity index (χ1n) is 12.2. The van der Waals surface area contributed by atoms with Crippen LogP contribution in [-0.4, -0.2) is 41.1 Å². The zero-order valence-electron chi connectivity index (χ0n) is 21.5. The number of esters is 2. The molecule has 4 rings (SSSR count). The predicted octanol–water partition coefficient (Wildman–Crippen LogP) is 6.88. The minimum Gasteiger partial charge on any atom is -0.478 e. The van der Waals surface area contributed by atoms with Crippen LogP contribution in [0.3, 0.4) is 0 Å². The highest BCUT2D eigenvalue weighted by atomic mass is 35.5. The molecule has 0 unspecified atom stereocenters. The molecule has 212 valence electrons. The van der Waals surface area contributed by atoms with E-state index in [1.807, 2.05) is 18.2 Å². The fourth-order valence-corrected chi connectivity index (χ4v) is 3.97. The van der Waals surface area contributed by atoms with Gasteiger partial charge in [-0.3, -0.25) is 4.79 Å². The maximum atomic E-state index is 13.3. The van der Waals surface area contributed by atoms with E-state index in [2.05, 4.69) is 15.5 Å². The average molecular weight is 606 g/mol. The normalized spacial score (nSPS) is 12.2. The maximum absolute atomic E-state index is 13.3. The Morgan fingerprint density at radius 1 is 0.619 bits per heavy atom. The Morgan fingerprint density at radius 3 is 1.57 bits per heavy atom. The van der Waals surface area contributed by atoms with E-state index < -0.39 is 36.0 Å². The minimum atomic E-state index is -2.25. The van der Waals surface area contributed by atoms with Crippen molar-refractivity contribution in [2.45, 2.75) is 12.2 Å². The number of ether oxygens (including phenoxy) is 2. The summed E-state index contributed by atoms with van der Waals surface area (Å²) in [7, 11) is 0. The summed E-state index contributed by atoms with van der Waals surface area (Å²) >= 11 is 12.1. The number of anilines is 1. The average Bonchev–Trinajstić information content (AvgIpc) is 2.99. The number of carbonyl (C=O) groups excluding carboxylic acids is 3. The van der Waals surface area contributed by atoms with Gasteiger partial charge >= 0.3 is 17.9 Å². The molecule has 10 nitrogen and oxygen atoms in total. The number of carboxylic acids is 1. The van der Waals surface area contributed by atoms with Crippen molar-refractivity contribution in [3.05, 3.63) is 124 Å². The topological polar surface area (TPSA) is 144 Å². The summed E-state index contributed by atoms with van der Waals surface area (Å²) in [5.74, 6) is -5.10. The minimum absolute atomic E-state index is 0.00171. The van der Waals surface area contributed by atoms with E-state index in [1.54, 1.807) is 36.4 Å². The second-order valence-electron chi connectivity index (χ2n) is 8.52. The molecule has 0 radical (unpaired) electrons. The second-order valence-corrected chi connectivity index (χ2v) is 9.34. The van der Waals surface area contributed by atoms with Gasteiger partial charge < -0.3 is 19.9 Å². The molecule has 0 heterocycles. The Kier molecular flexibility index (Phi) is 9.99. The quantitative estimate of drug-likeness (QED) is 0.148. The van der Waals surface area contributed by atoms with Gasteiger partial charge in [-0.05, 0) is 60.7 Å². The van der Waals surface area contributed by atoms with Crippen molar-refractivity contribution >= 4 is 64.1 Å². The third-order valence-corrected chi connectivity index (χ3v) is 6.26. The lowest BCUT2D eigenvalue weighted by Crippen LogP contribution is -2.48. The zero-order valence-corrected chi connectivity index (χ0v) is 23.0. The summed E-state index contributed by atoms with van der Waals surface area (Å²) in [5, 5.41) is 20.6. The smallest absolute Gasteiger partial charge is 0.349 e. The van der Waals surface area contributed by atoms with Crippen LogP contribution in [0.5, 0.6) is 0 Å². The summed E-state index contributed by atoms with van der Waals surface area (Å²) in [6, 6.07) is 26.7. The van der Waals surface area contributed by atoms with Gasteiger partial charge in [0.15, 0.2) is 0 Å². The van der Waals surface area contributed by atoms with E-state index in [9.17, 15) is 24.3 Å². The van der Waals surface area contributed by atoms with Crippen molar-refractivity contribution in [2.24, 2.45) is 10.2 Å². The molecule has 0 spiro atoms. The van der Waals surface area contributed by atoms with Gasteiger partial charge in [0.1, 0.15) is 0 Å². The number of nitrogens with zero attached hydrogens (tertiary/aromatic N) is 2. The molecule has 2 atom stereocenters. The first kappa shape index (κ1) is 29.9. The van der Waals surface area contributed by atoms with E-state index in [-0.39, 0.29) is 26.9 Å². The predicted molar refractivity (Wildman–Crippen MR) is 155 cm³/mol. The van der Waals surface area contributed by atoms with E-state index in [0.29, 0.717) is 11.4 Å². The molecule has 0 aliphatic heterocycles. The van der Waals surface area contributed by atoms with Gasteiger partial charge in [0.05, 0.1) is 32.5 Å². The van der Waals surface area contributed by atoms with E-state index >= 15 is 0 Å². The van der Waals surface area contributed by atoms with Gasteiger partial charge in [0.2, 0.25) is 12.2 Å². The van der Waals surface area contributed by atoms with Crippen molar-refractivity contribution in [1.82, 2.24) is 0 Å². The van der Waals surface area contributed by atoms with Crippen molar-refractivity contribution in [2.75, 3.05) is 5.32 Å². The number of rotatable bonds is 10. The van der Waals surface area contributed by atoms with Crippen LogP contribution in [0.4, 0.5) is 17.1 Å². The number of amides is 1. The molecule has 42 heavy (non-hydrogen) atoms. The molecule has 0 bridgehead atoms. The maximum Gasteiger partial charge on any atom is 0.349 e. The van der Waals surface area contributed by atoms with Gasteiger partial charge in [-0.2, -0.15) is 10.2 Å². The standard InChI is InChI=1S/C30H21Cl2N3O7/c31-23-12-6-4-10-21(23)29(39)41-25(26(28(37)38)42-30(40)22-11-5-7-13-24(22)32)27(36)33-18-14-16-20(17-15-18)35-34-19-8-2-1-3-9-19/h1-17,25-26H,(H,33,36)(H,37,38)/t25-,26+/m1/s1. The Bertz CT molecular complexity index is 1630. The Balaban J connectivity index is 1.58. The number of hydrogen-bond donors (Lipinski definition) is 2. The summed E-state index contributed by atoms with van der Waals surface area (Å²) < 4.78 is 10.4. The van der Waals surface area contributed by atoms with E-state index in [0.717, 1.165) is 0 Å². The summed E-state index contributed by atoms with van der Waals surface area (Å²) in [5.41, 5.74) is 1.03. The summed E-state index contributed by atoms with van der Waals surface area (Å²) in [6.07, 6.45) is -4.38. The molecular weight excluding hydrogens is 585 g/mol. The van der Waals surface area contributed by atoms with Crippen molar-refractivity contribution in [3.63, 3.8) is 0 Å². The first-order valence-corrected chi connectivity index (χ1v) is 13.0. The number of nitrogens with one attached hydrogen (secondary N) is 1. The summed E-state index contributed by atoms with van der Waals surface area (Å²) in [6.45, 7) is 0. The molecule has 0 saturated heterocycles. The monoisotopic (exact) mass is 605 g/mol. The van der Waals surface area contributed by atoms with Crippen LogP contribution in [0.25, 0.3) is 0 Å². The molecule has 1 amide bonds. The van der Waals surface area contributed by atoms with Crippen molar-refractivity contribution < 1.29 is 33.8 Å². The van der Waals surface area contributed by atoms with Crippen LogP contribution in [0.15, 0.2) is 113 Å². The molecule has 12 heteroatoms. The Labute approximate surface area is 249 Å². The molecule has 0 saturated carbocycles. The third-order valence-electron chi connectivity index (χ3n) is 5.60. The molecular formula is C30H21Cl2N3O7. The van der Waals surface area contributed by atoms with Gasteiger partial charge in [0, 0.05) is 5.69 Å². The molecule has 4 aromatic carbocycles. The number of aliphatic carboxylic acids is 1. The number of hydrogen-bond acceptors (Lipinski definition) is 8. The third kappa shape index (κ3) is 7.78. The van der Waals surface area contributed by atoms with Crippen LogP contribution in [0, 0.1) is 0 Å². The lowest BCUT2D eigenvalue weighted by atomic mass is 10.1. The number of carbonyl (C=O) groups is 4. The number of halogens is 2. The second kappa shape index (κ2) is 14.0. The van der Waals surface area contributed by atoms with E-state index in [4.69, 9.17) is 32.7 Å². The largest absolute Gasteiger partial charge is 0.478 e. The SMILES string of the molecule is O=C(O[C@H](C(=O)O)[C@@H](OC(=O)c1ccccc1Cl)C(=O)Nc1ccc(N=Nc2ccccc2)cc1)c1ccccc1Cl. The number of azo groups is 1. The highest BCUT2D eigenvalue weighted by Gasteiger charge is 2.41. The molecule has 0 aliphatic rings. The van der Waals surface area contributed by atoms with Crippen LogP contribution in [0.2, 0.25) is 10.0 Å². The number of benzene rings is 4. The highest BCUT2D eigenvalue weighted by molar-refractivity contribution is 6.34. The van der Waals surface area contributed by atoms with Crippen LogP contribution >= 0.6 is 23.2 Å². The first-order chi connectivity index (χ1) is 20.2. The Morgan fingerprint density at radius 2 is 1.07 bits per heavy atom. The lowest BCUT2D eigenvalue weighted by molar-refractivity contribution is -0.157. The lowest BCUT2D eigenvalue weighted by Gasteiger charge is -2.24. The molecule has 0 fully saturated rings. The van der Waals surface area contributed by atoms with Gasteiger partial charge in [0.25, 0.3) is 5.91 Å². The van der Waals surface area contributed by atoms with Crippen LogP contribution < -0.4 is 5.32 Å². The fourth-order valence-electron chi connectivity index (χ4n) is 3.54.